The second-order valence-corrected chi connectivity index (χ2v) is 8.33. The fourth-order valence-electron chi connectivity index (χ4n) is 3.68. The minimum Gasteiger partial charge on any atom is -0.461 e. The van der Waals surface area contributed by atoms with E-state index in [1.54, 1.807) is 42.9 Å². The van der Waals surface area contributed by atoms with E-state index in [0.717, 1.165) is 25.2 Å². The Balaban J connectivity index is 1.21. The van der Waals surface area contributed by atoms with Crippen LogP contribution in [0.5, 0.6) is 0 Å². The summed E-state index contributed by atoms with van der Waals surface area (Å²) in [6.45, 7) is 4.16. The maximum atomic E-state index is 12.2. The van der Waals surface area contributed by atoms with Crippen molar-refractivity contribution in [1.29, 1.82) is 0 Å². The molecule has 36 heavy (non-hydrogen) atoms. The monoisotopic (exact) mass is 483 g/mol. The van der Waals surface area contributed by atoms with Crippen LogP contribution in [0.2, 0.25) is 0 Å². The van der Waals surface area contributed by atoms with Crippen LogP contribution in [0.25, 0.3) is 11.5 Å². The van der Waals surface area contributed by atoms with Crippen LogP contribution >= 0.6 is 0 Å². The maximum absolute atomic E-state index is 12.2. The van der Waals surface area contributed by atoms with E-state index in [1.165, 1.54) is 0 Å². The number of hydrogen-bond donors (Lipinski definition) is 3. The van der Waals surface area contributed by atoms with Crippen molar-refractivity contribution in [2.45, 2.75) is 13.3 Å². The molecule has 0 aliphatic carbocycles. The van der Waals surface area contributed by atoms with Crippen molar-refractivity contribution in [2.75, 3.05) is 30.3 Å². The molecular weight excluding hydrogens is 458 g/mol. The molecule has 1 aliphatic heterocycles. The highest BCUT2D eigenvalue weighted by molar-refractivity contribution is 5.87. The number of anilines is 4. The number of aryl methyl sites for hydroxylation is 1. The van der Waals surface area contributed by atoms with Crippen LogP contribution in [0.3, 0.4) is 0 Å². The molecule has 5 rings (SSSR count). The quantitative estimate of drug-likeness (QED) is 0.318. The first-order valence-corrected chi connectivity index (χ1v) is 11.6. The first-order chi connectivity index (χ1) is 17.6. The molecular formula is C25H25N9O2. The van der Waals surface area contributed by atoms with Crippen molar-refractivity contribution in [3.05, 3.63) is 72.4 Å². The fourth-order valence-corrected chi connectivity index (χ4v) is 3.68. The second-order valence-electron chi connectivity index (χ2n) is 8.33. The van der Waals surface area contributed by atoms with E-state index in [9.17, 15) is 4.79 Å². The summed E-state index contributed by atoms with van der Waals surface area (Å²) in [6, 6.07) is 12.5. The molecule has 3 N–H and O–H groups in total. The smallest absolute Gasteiger partial charge is 0.356 e. The van der Waals surface area contributed by atoms with Gasteiger partial charge in [-0.15, -0.1) is 0 Å². The molecule has 1 atom stereocenters. The number of pyridine rings is 2. The van der Waals surface area contributed by atoms with Crippen LogP contribution in [-0.4, -0.2) is 55.6 Å². The number of carbonyl (C=O) groups is 1. The molecule has 0 radical (unpaired) electrons. The van der Waals surface area contributed by atoms with E-state index in [4.69, 9.17) is 4.74 Å². The first-order valence-electron chi connectivity index (χ1n) is 11.6. The summed E-state index contributed by atoms with van der Waals surface area (Å²) >= 11 is 0. The Morgan fingerprint density at radius 3 is 2.64 bits per heavy atom. The van der Waals surface area contributed by atoms with Gasteiger partial charge < -0.3 is 20.7 Å². The zero-order valence-electron chi connectivity index (χ0n) is 19.7. The van der Waals surface area contributed by atoms with Gasteiger partial charge >= 0.3 is 5.97 Å². The van der Waals surface area contributed by atoms with Gasteiger partial charge in [-0.25, -0.2) is 29.7 Å². The second kappa shape index (κ2) is 10.8. The van der Waals surface area contributed by atoms with Gasteiger partial charge in [0, 0.05) is 30.6 Å². The summed E-state index contributed by atoms with van der Waals surface area (Å²) in [4.78, 5) is 38.5. The van der Waals surface area contributed by atoms with Gasteiger partial charge in [0.25, 0.3) is 0 Å². The number of ether oxygens (including phenoxy) is 1. The summed E-state index contributed by atoms with van der Waals surface area (Å²) in [5.74, 6) is 1.93. The minimum absolute atomic E-state index is 0.255. The molecule has 182 valence electrons. The molecule has 1 aliphatic rings. The highest BCUT2D eigenvalue weighted by Crippen LogP contribution is 2.19. The van der Waals surface area contributed by atoms with Crippen LogP contribution in [-0.2, 0) is 4.74 Å². The van der Waals surface area contributed by atoms with Gasteiger partial charge in [0.05, 0.1) is 18.5 Å². The molecule has 0 bridgehead atoms. The van der Waals surface area contributed by atoms with Crippen LogP contribution in [0.1, 0.15) is 22.6 Å². The summed E-state index contributed by atoms with van der Waals surface area (Å²) in [5, 5.41) is 9.51. The lowest BCUT2D eigenvalue weighted by atomic mass is 10.1. The number of esters is 1. The van der Waals surface area contributed by atoms with E-state index in [-0.39, 0.29) is 5.69 Å². The Labute approximate surface area is 207 Å². The number of nitrogens with one attached hydrogen (secondary N) is 3. The molecule has 4 aromatic heterocycles. The average Bonchev–Trinajstić information content (AvgIpc) is 3.42. The van der Waals surface area contributed by atoms with Gasteiger partial charge in [0.15, 0.2) is 5.82 Å². The van der Waals surface area contributed by atoms with Crippen molar-refractivity contribution in [2.24, 2.45) is 5.92 Å². The molecule has 0 spiro atoms. The van der Waals surface area contributed by atoms with Crippen LogP contribution in [0.4, 0.5) is 23.3 Å². The first kappa shape index (κ1) is 23.2. The van der Waals surface area contributed by atoms with Crippen molar-refractivity contribution < 1.29 is 9.53 Å². The maximum Gasteiger partial charge on any atom is 0.356 e. The van der Waals surface area contributed by atoms with E-state index >= 15 is 0 Å². The Kier molecular flexibility index (Phi) is 6.99. The number of rotatable bonds is 8. The minimum atomic E-state index is -0.430. The highest BCUT2D eigenvalue weighted by atomic mass is 16.5. The number of hydrogen-bond acceptors (Lipinski definition) is 11. The van der Waals surface area contributed by atoms with Gasteiger partial charge in [0.1, 0.15) is 23.0 Å². The molecule has 0 aromatic carbocycles. The largest absolute Gasteiger partial charge is 0.461 e. The van der Waals surface area contributed by atoms with Gasteiger partial charge in [-0.1, -0.05) is 6.07 Å². The number of nitrogens with zero attached hydrogens (tertiary/aromatic N) is 6. The standard InChI is InChI=1S/C25H25N9O2/c1-16-3-2-4-19(30-16)23-27-11-8-21(33-23)32-22-9-12-28-25(34-22)31-18-5-6-20(29-14-18)24(35)36-15-17-7-10-26-13-17/h2-6,8-9,11-12,14,17,26H,7,10,13,15H2,1H3,(H2,27,28,31,32,33,34)/t17-/m1/s1. The SMILES string of the molecule is Cc1cccc(-c2nccc(Nc3ccnc(Nc4ccc(C(=O)OC[C@@H]5CCNC5)nc4)n3)n2)n1. The summed E-state index contributed by atoms with van der Waals surface area (Å²) in [6.07, 6.45) is 5.85. The van der Waals surface area contributed by atoms with Crippen LogP contribution in [0.15, 0.2) is 61.1 Å². The topological polar surface area (TPSA) is 140 Å². The third-order valence-corrected chi connectivity index (χ3v) is 5.53. The van der Waals surface area contributed by atoms with Crippen molar-refractivity contribution in [3.8, 4) is 11.5 Å². The lowest BCUT2D eigenvalue weighted by Gasteiger charge is -2.10. The van der Waals surface area contributed by atoms with Crippen LogP contribution in [0, 0.1) is 12.8 Å². The van der Waals surface area contributed by atoms with Crippen molar-refractivity contribution >= 4 is 29.2 Å². The Morgan fingerprint density at radius 2 is 1.86 bits per heavy atom. The van der Waals surface area contributed by atoms with E-state index in [2.05, 4.69) is 45.9 Å². The molecule has 1 saturated heterocycles. The van der Waals surface area contributed by atoms with Gasteiger partial charge in [-0.05, 0) is 56.3 Å². The zero-order valence-corrected chi connectivity index (χ0v) is 19.7. The molecule has 11 heteroatoms. The third-order valence-electron chi connectivity index (χ3n) is 5.53. The van der Waals surface area contributed by atoms with E-state index < -0.39 is 5.97 Å². The zero-order chi connectivity index (χ0) is 24.7. The van der Waals surface area contributed by atoms with Crippen molar-refractivity contribution in [3.63, 3.8) is 0 Å². The molecule has 0 saturated carbocycles. The van der Waals surface area contributed by atoms with Gasteiger partial charge in [0.2, 0.25) is 5.95 Å². The molecule has 4 aromatic rings. The molecule has 11 nitrogen and oxygen atoms in total. The third kappa shape index (κ3) is 5.94. The number of aromatic nitrogens is 6. The van der Waals surface area contributed by atoms with Crippen LogP contribution < -0.4 is 16.0 Å². The van der Waals surface area contributed by atoms with Crippen molar-refractivity contribution in [1.82, 2.24) is 35.2 Å². The fraction of sp³-hybridized carbons (Fsp3) is 0.240. The Hall–Kier alpha value is -4.51. The normalized spacial score (nSPS) is 14.9. The Morgan fingerprint density at radius 1 is 1.00 bits per heavy atom. The molecule has 5 heterocycles. The molecule has 1 fully saturated rings. The average molecular weight is 484 g/mol. The molecule has 0 unspecified atom stereocenters. The molecule has 0 amide bonds. The van der Waals surface area contributed by atoms with E-state index in [0.29, 0.717) is 47.3 Å². The lowest BCUT2D eigenvalue weighted by Crippen LogP contribution is -2.17. The summed E-state index contributed by atoms with van der Waals surface area (Å²) in [7, 11) is 0. The Bertz CT molecular complexity index is 1340. The summed E-state index contributed by atoms with van der Waals surface area (Å²) < 4.78 is 5.38. The predicted octanol–water partition coefficient (Wildman–Crippen LogP) is 3.29. The highest BCUT2D eigenvalue weighted by Gasteiger charge is 2.17. The predicted molar refractivity (Wildman–Crippen MR) is 134 cm³/mol. The summed E-state index contributed by atoms with van der Waals surface area (Å²) in [5.41, 5.74) is 2.48. The lowest BCUT2D eigenvalue weighted by molar-refractivity contribution is 0.0443. The van der Waals surface area contributed by atoms with E-state index in [1.807, 2.05) is 25.1 Å². The van der Waals surface area contributed by atoms with Gasteiger partial charge in [-0.2, -0.15) is 4.98 Å². The number of carbonyl (C=O) groups excluding carboxylic acids is 1. The van der Waals surface area contributed by atoms with Gasteiger partial charge in [-0.3, -0.25) is 0 Å².